The molecule has 16 heteroatoms. The number of halogens is 2. The first kappa shape index (κ1) is 37.9. The molecular formula is C43H40F2N8O6. The molecule has 4 aliphatic rings. The Balaban J connectivity index is 0.905. The number of piperidine rings is 1. The van der Waals surface area contributed by atoms with Gasteiger partial charge >= 0.3 is 0 Å². The van der Waals surface area contributed by atoms with Crippen LogP contribution in [0.1, 0.15) is 67.9 Å². The number of carbonyl (C=O) groups excluding carboxylic acids is 5. The average Bonchev–Trinajstić information content (AvgIpc) is 3.73. The first-order valence-electron chi connectivity index (χ1n) is 19.6. The van der Waals surface area contributed by atoms with Crippen LogP contribution in [-0.4, -0.2) is 96.1 Å². The predicted octanol–water partition coefficient (Wildman–Crippen LogP) is 5.00. The maximum atomic E-state index is 14.0. The SMILES string of the molecule is O=C1CCC(N2C(=O)c3ccc(N4CCN(c5ccc(C(=O)Nc6n[nH]c7ccc(Cc8cc(F)cc(F)c8)cc67)c(NC6CCOCC6)c5)CC4)cc3C2=O)C(=O)N1. The lowest BCUT2D eigenvalue weighted by atomic mass is 10.0. The molecule has 0 radical (unpaired) electrons. The summed E-state index contributed by atoms with van der Waals surface area (Å²) in [5, 5.41) is 16.8. The Hall–Kier alpha value is -6.68. The fraction of sp³-hybridized carbons (Fsp3) is 0.302. The van der Waals surface area contributed by atoms with Crippen molar-refractivity contribution in [3.05, 3.63) is 112 Å². The van der Waals surface area contributed by atoms with Crippen LogP contribution >= 0.6 is 0 Å². The van der Waals surface area contributed by atoms with Gasteiger partial charge in [-0.15, -0.1) is 0 Å². The van der Waals surface area contributed by atoms with Gasteiger partial charge in [-0.3, -0.25) is 39.3 Å². The molecule has 0 bridgehead atoms. The summed E-state index contributed by atoms with van der Waals surface area (Å²) in [5.41, 5.74) is 5.26. The molecule has 14 nitrogen and oxygen atoms in total. The monoisotopic (exact) mass is 802 g/mol. The number of fused-ring (bicyclic) bond motifs is 2. The molecule has 4 aliphatic heterocycles. The lowest BCUT2D eigenvalue weighted by Crippen LogP contribution is -2.54. The van der Waals surface area contributed by atoms with Gasteiger partial charge < -0.3 is 25.2 Å². The van der Waals surface area contributed by atoms with Crippen LogP contribution in [0.25, 0.3) is 10.9 Å². The molecule has 3 saturated heterocycles. The Labute approximate surface area is 336 Å². The molecule has 0 spiro atoms. The number of benzene rings is 4. The molecule has 4 N–H and O–H groups in total. The number of amides is 5. The van der Waals surface area contributed by atoms with Gasteiger partial charge in [-0.1, -0.05) is 6.07 Å². The maximum absolute atomic E-state index is 14.0. The molecule has 5 heterocycles. The van der Waals surface area contributed by atoms with Crippen LogP contribution in [0.4, 0.5) is 31.7 Å². The van der Waals surface area contributed by atoms with Crippen molar-refractivity contribution in [1.29, 1.82) is 0 Å². The lowest BCUT2D eigenvalue weighted by Gasteiger charge is -2.38. The summed E-state index contributed by atoms with van der Waals surface area (Å²) in [4.78, 5) is 70.2. The highest BCUT2D eigenvalue weighted by Gasteiger charge is 2.45. The van der Waals surface area contributed by atoms with E-state index in [9.17, 15) is 32.8 Å². The van der Waals surface area contributed by atoms with Crippen LogP contribution in [0.5, 0.6) is 0 Å². The van der Waals surface area contributed by atoms with Gasteiger partial charge in [0.1, 0.15) is 17.7 Å². The van der Waals surface area contributed by atoms with Crippen molar-refractivity contribution in [2.75, 3.05) is 59.8 Å². The van der Waals surface area contributed by atoms with Crippen molar-refractivity contribution in [3.63, 3.8) is 0 Å². The summed E-state index contributed by atoms with van der Waals surface area (Å²) in [5.74, 6) is -3.47. The van der Waals surface area contributed by atoms with E-state index in [0.29, 0.717) is 72.9 Å². The first-order chi connectivity index (χ1) is 28.6. The molecule has 1 aromatic heterocycles. The van der Waals surface area contributed by atoms with E-state index in [1.807, 2.05) is 36.4 Å². The highest BCUT2D eigenvalue weighted by molar-refractivity contribution is 6.23. The molecule has 1 atom stereocenters. The Morgan fingerprint density at radius 2 is 1.47 bits per heavy atom. The number of nitrogens with zero attached hydrogens (tertiary/aromatic N) is 4. The molecule has 4 aromatic carbocycles. The number of carbonyl (C=O) groups is 5. The largest absolute Gasteiger partial charge is 0.381 e. The zero-order valence-electron chi connectivity index (χ0n) is 31.9. The van der Waals surface area contributed by atoms with Crippen LogP contribution in [0.3, 0.4) is 0 Å². The molecule has 9 rings (SSSR count). The van der Waals surface area contributed by atoms with E-state index in [-0.39, 0.29) is 42.3 Å². The van der Waals surface area contributed by atoms with Crippen LogP contribution in [0.15, 0.2) is 72.8 Å². The zero-order valence-corrected chi connectivity index (χ0v) is 31.9. The van der Waals surface area contributed by atoms with Gasteiger partial charge in [-0.05, 0) is 97.5 Å². The van der Waals surface area contributed by atoms with Crippen molar-refractivity contribution in [2.45, 2.75) is 44.2 Å². The number of anilines is 4. The van der Waals surface area contributed by atoms with Gasteiger partial charge in [0.25, 0.3) is 17.7 Å². The number of piperazine rings is 1. The second-order valence-electron chi connectivity index (χ2n) is 15.3. The van der Waals surface area contributed by atoms with E-state index >= 15 is 0 Å². The van der Waals surface area contributed by atoms with Crippen LogP contribution in [-0.2, 0) is 20.7 Å². The standard InChI is InChI=1S/C43H40F2N8O6/c44-26-18-25(19-27(45)21-26)17-24-1-6-35-34(20-24)39(50-49-35)48-40(55)32-5-3-30(23-36(32)46-28-9-15-59-16-10-28)52-13-11-51(12-14-52)29-2-4-31-33(22-29)43(58)53(42(31)57)37-7-8-38(54)47-41(37)56/h1-6,18-23,28,37,46H,7-17H2,(H,47,54,56)(H2,48,49,50,55). The summed E-state index contributed by atoms with van der Waals surface area (Å²) < 4.78 is 33.3. The van der Waals surface area contributed by atoms with E-state index in [2.05, 4.69) is 35.9 Å². The Bertz CT molecular complexity index is 2510. The van der Waals surface area contributed by atoms with Gasteiger partial charge in [0.2, 0.25) is 11.8 Å². The fourth-order valence-electron chi connectivity index (χ4n) is 8.38. The summed E-state index contributed by atoms with van der Waals surface area (Å²) in [6, 6.07) is 18.9. The summed E-state index contributed by atoms with van der Waals surface area (Å²) in [7, 11) is 0. The highest BCUT2D eigenvalue weighted by atomic mass is 19.1. The number of hydrogen-bond donors (Lipinski definition) is 4. The normalized spacial score (nSPS) is 18.7. The second-order valence-corrected chi connectivity index (χ2v) is 15.3. The molecule has 3 fully saturated rings. The summed E-state index contributed by atoms with van der Waals surface area (Å²) in [6.07, 6.45) is 2.00. The number of aromatic nitrogens is 2. The number of imide groups is 2. The third-order valence-corrected chi connectivity index (χ3v) is 11.5. The van der Waals surface area contributed by atoms with Crippen LogP contribution in [0.2, 0.25) is 0 Å². The average molecular weight is 803 g/mol. The lowest BCUT2D eigenvalue weighted by molar-refractivity contribution is -0.136. The zero-order chi connectivity index (χ0) is 40.8. The van der Waals surface area contributed by atoms with E-state index in [4.69, 9.17) is 4.74 Å². The van der Waals surface area contributed by atoms with E-state index in [1.54, 1.807) is 18.2 Å². The predicted molar refractivity (Wildman–Crippen MR) is 215 cm³/mol. The highest BCUT2D eigenvalue weighted by Crippen LogP contribution is 2.33. The summed E-state index contributed by atoms with van der Waals surface area (Å²) >= 11 is 0. The van der Waals surface area contributed by atoms with E-state index in [0.717, 1.165) is 40.7 Å². The molecule has 0 saturated carbocycles. The van der Waals surface area contributed by atoms with Gasteiger partial charge in [-0.2, -0.15) is 5.10 Å². The third-order valence-electron chi connectivity index (χ3n) is 11.5. The quantitative estimate of drug-likeness (QED) is 0.149. The smallest absolute Gasteiger partial charge is 0.262 e. The minimum atomic E-state index is -1.03. The van der Waals surface area contributed by atoms with Crippen molar-refractivity contribution in [3.8, 4) is 0 Å². The van der Waals surface area contributed by atoms with Gasteiger partial charge in [0.05, 0.1) is 22.2 Å². The van der Waals surface area contributed by atoms with Crippen molar-refractivity contribution < 1.29 is 37.5 Å². The topological polar surface area (TPSA) is 169 Å². The Morgan fingerprint density at radius 3 is 2.20 bits per heavy atom. The van der Waals surface area contributed by atoms with E-state index in [1.165, 1.54) is 12.1 Å². The maximum Gasteiger partial charge on any atom is 0.262 e. The third kappa shape index (κ3) is 7.58. The number of H-pyrrole nitrogens is 1. The minimum Gasteiger partial charge on any atom is -0.381 e. The van der Waals surface area contributed by atoms with Crippen LogP contribution in [0, 0.1) is 11.6 Å². The molecule has 5 amide bonds. The minimum absolute atomic E-state index is 0.0540. The number of ether oxygens (including phenoxy) is 1. The van der Waals surface area contributed by atoms with Crippen molar-refractivity contribution in [2.24, 2.45) is 0 Å². The second kappa shape index (κ2) is 15.6. The molecule has 5 aromatic rings. The molecule has 0 aliphatic carbocycles. The van der Waals surface area contributed by atoms with Crippen molar-refractivity contribution >= 4 is 63.3 Å². The Kier molecular flexibility index (Phi) is 10.0. The van der Waals surface area contributed by atoms with E-state index < -0.39 is 41.3 Å². The number of aromatic amines is 1. The molecule has 302 valence electrons. The van der Waals surface area contributed by atoms with Gasteiger partial charge in [-0.25, -0.2) is 8.78 Å². The molecule has 59 heavy (non-hydrogen) atoms. The number of nitrogens with one attached hydrogen (secondary N) is 4. The van der Waals surface area contributed by atoms with Crippen molar-refractivity contribution in [1.82, 2.24) is 20.4 Å². The van der Waals surface area contributed by atoms with Gasteiger partial charge in [0.15, 0.2) is 5.82 Å². The number of hydrogen-bond acceptors (Lipinski definition) is 10. The molecular weight excluding hydrogens is 763 g/mol. The summed E-state index contributed by atoms with van der Waals surface area (Å²) in [6.45, 7) is 3.73. The molecule has 1 unspecified atom stereocenters. The first-order valence-corrected chi connectivity index (χ1v) is 19.6. The fourth-order valence-corrected chi connectivity index (χ4v) is 8.38. The Morgan fingerprint density at radius 1 is 0.780 bits per heavy atom. The van der Waals surface area contributed by atoms with Gasteiger partial charge in [0, 0.05) is 80.4 Å². The van der Waals surface area contributed by atoms with Crippen LogP contribution < -0.4 is 25.8 Å². The number of rotatable bonds is 9.